The lowest BCUT2D eigenvalue weighted by atomic mass is 10.2. The van der Waals surface area contributed by atoms with Crippen LogP contribution in [0.15, 0.2) is 35.4 Å². The number of alkyl halides is 3. The SMILES string of the molecule is COCCn1c(C)cc(/C=N/NC(=S)Nc2cccc(C(F)(F)F)c2)c1C. The molecule has 1 heterocycles. The second kappa shape index (κ2) is 9.01. The average molecular weight is 398 g/mol. The molecule has 0 saturated heterocycles. The third kappa shape index (κ3) is 5.80. The minimum Gasteiger partial charge on any atom is -0.383 e. The van der Waals surface area contributed by atoms with Gasteiger partial charge in [0.1, 0.15) is 0 Å². The highest BCUT2D eigenvalue weighted by Crippen LogP contribution is 2.30. The van der Waals surface area contributed by atoms with Gasteiger partial charge in [-0.15, -0.1) is 0 Å². The van der Waals surface area contributed by atoms with Crippen molar-refractivity contribution in [3.8, 4) is 0 Å². The summed E-state index contributed by atoms with van der Waals surface area (Å²) in [5, 5.41) is 6.84. The molecule has 0 aliphatic heterocycles. The number of rotatable bonds is 6. The molecule has 0 saturated carbocycles. The minimum absolute atomic E-state index is 0.0961. The van der Waals surface area contributed by atoms with Gasteiger partial charge in [0, 0.05) is 36.3 Å². The van der Waals surface area contributed by atoms with Crippen molar-refractivity contribution in [3.63, 3.8) is 0 Å². The van der Waals surface area contributed by atoms with Crippen molar-refractivity contribution in [1.82, 2.24) is 9.99 Å². The van der Waals surface area contributed by atoms with Gasteiger partial charge in [0.15, 0.2) is 5.11 Å². The molecule has 2 rings (SSSR count). The highest BCUT2D eigenvalue weighted by atomic mass is 32.1. The Balaban J connectivity index is 1.98. The molecule has 0 fully saturated rings. The van der Waals surface area contributed by atoms with E-state index in [-0.39, 0.29) is 10.8 Å². The van der Waals surface area contributed by atoms with E-state index >= 15 is 0 Å². The van der Waals surface area contributed by atoms with Crippen LogP contribution in [0.3, 0.4) is 0 Å². The smallest absolute Gasteiger partial charge is 0.383 e. The molecule has 27 heavy (non-hydrogen) atoms. The molecule has 0 spiro atoms. The van der Waals surface area contributed by atoms with Crippen LogP contribution in [0.5, 0.6) is 0 Å². The molecular formula is C18H21F3N4OS. The van der Waals surface area contributed by atoms with E-state index in [9.17, 15) is 13.2 Å². The number of benzene rings is 1. The van der Waals surface area contributed by atoms with E-state index in [2.05, 4.69) is 20.4 Å². The van der Waals surface area contributed by atoms with Crippen molar-refractivity contribution in [3.05, 3.63) is 52.8 Å². The lowest BCUT2D eigenvalue weighted by molar-refractivity contribution is -0.137. The summed E-state index contributed by atoms with van der Waals surface area (Å²) in [6.07, 6.45) is -2.79. The molecular weight excluding hydrogens is 377 g/mol. The molecule has 2 aromatic rings. The summed E-state index contributed by atoms with van der Waals surface area (Å²) in [5.74, 6) is 0. The van der Waals surface area contributed by atoms with Gasteiger partial charge >= 0.3 is 6.18 Å². The number of anilines is 1. The fourth-order valence-corrected chi connectivity index (χ4v) is 2.75. The first-order valence-corrected chi connectivity index (χ1v) is 8.56. The largest absolute Gasteiger partial charge is 0.416 e. The fraction of sp³-hybridized carbons (Fsp3) is 0.333. The Labute approximate surface area is 161 Å². The van der Waals surface area contributed by atoms with E-state index in [0.29, 0.717) is 6.61 Å². The molecule has 0 amide bonds. The Kier molecular flexibility index (Phi) is 6.98. The summed E-state index contributed by atoms with van der Waals surface area (Å²) in [5.41, 5.74) is 5.12. The summed E-state index contributed by atoms with van der Waals surface area (Å²) in [6.45, 7) is 5.32. The lowest BCUT2D eigenvalue weighted by Gasteiger charge is -2.10. The Bertz CT molecular complexity index is 830. The minimum atomic E-state index is -4.41. The topological polar surface area (TPSA) is 50.6 Å². The van der Waals surface area contributed by atoms with Gasteiger partial charge in [0.25, 0.3) is 0 Å². The first-order valence-electron chi connectivity index (χ1n) is 8.15. The Morgan fingerprint density at radius 2 is 2.04 bits per heavy atom. The van der Waals surface area contributed by atoms with Crippen LogP contribution in [0, 0.1) is 13.8 Å². The number of halogens is 3. The number of thiocarbonyl (C=S) groups is 1. The molecule has 0 bridgehead atoms. The second-order valence-electron chi connectivity index (χ2n) is 5.87. The van der Waals surface area contributed by atoms with Crippen molar-refractivity contribution in [1.29, 1.82) is 0 Å². The van der Waals surface area contributed by atoms with E-state index in [0.717, 1.165) is 35.6 Å². The maximum Gasteiger partial charge on any atom is 0.416 e. The van der Waals surface area contributed by atoms with Crippen LogP contribution in [0.4, 0.5) is 18.9 Å². The average Bonchev–Trinajstić information content (AvgIpc) is 2.86. The molecule has 146 valence electrons. The van der Waals surface area contributed by atoms with Crippen LogP contribution in [-0.2, 0) is 17.5 Å². The van der Waals surface area contributed by atoms with Crippen molar-refractivity contribution in [2.24, 2.45) is 5.10 Å². The number of nitrogens with one attached hydrogen (secondary N) is 2. The number of hydrogen-bond donors (Lipinski definition) is 2. The predicted octanol–water partition coefficient (Wildman–Crippen LogP) is 4.09. The van der Waals surface area contributed by atoms with E-state index in [4.69, 9.17) is 17.0 Å². The summed E-state index contributed by atoms with van der Waals surface area (Å²) in [4.78, 5) is 0. The van der Waals surface area contributed by atoms with Crippen LogP contribution in [0.2, 0.25) is 0 Å². The molecule has 5 nitrogen and oxygen atoms in total. The maximum atomic E-state index is 12.7. The second-order valence-corrected chi connectivity index (χ2v) is 6.28. The third-order valence-corrected chi connectivity index (χ3v) is 4.14. The molecule has 0 unspecified atom stereocenters. The number of methoxy groups -OCH3 is 1. The number of ether oxygens (including phenoxy) is 1. The summed E-state index contributed by atoms with van der Waals surface area (Å²) in [7, 11) is 1.65. The lowest BCUT2D eigenvalue weighted by Crippen LogP contribution is -2.24. The van der Waals surface area contributed by atoms with E-state index in [1.54, 1.807) is 13.3 Å². The maximum absolute atomic E-state index is 12.7. The zero-order chi connectivity index (χ0) is 20.0. The Hall–Kier alpha value is -2.39. The highest BCUT2D eigenvalue weighted by Gasteiger charge is 2.30. The molecule has 1 aromatic carbocycles. The van der Waals surface area contributed by atoms with Gasteiger partial charge < -0.3 is 14.6 Å². The van der Waals surface area contributed by atoms with Gasteiger partial charge in [0.05, 0.1) is 18.4 Å². The summed E-state index contributed by atoms with van der Waals surface area (Å²) < 4.78 is 45.4. The van der Waals surface area contributed by atoms with Crippen molar-refractivity contribution in [2.45, 2.75) is 26.6 Å². The zero-order valence-electron chi connectivity index (χ0n) is 15.2. The summed E-state index contributed by atoms with van der Waals surface area (Å²) >= 11 is 5.07. The van der Waals surface area contributed by atoms with Gasteiger partial charge in [0.2, 0.25) is 0 Å². The van der Waals surface area contributed by atoms with Gasteiger partial charge in [-0.3, -0.25) is 5.43 Å². The Morgan fingerprint density at radius 1 is 1.30 bits per heavy atom. The normalized spacial score (nSPS) is 11.8. The number of hydrazone groups is 1. The molecule has 9 heteroatoms. The monoisotopic (exact) mass is 398 g/mol. The number of hydrogen-bond acceptors (Lipinski definition) is 3. The Morgan fingerprint density at radius 3 is 2.70 bits per heavy atom. The van der Waals surface area contributed by atoms with E-state index in [1.165, 1.54) is 12.1 Å². The van der Waals surface area contributed by atoms with Gasteiger partial charge in [-0.05, 0) is 50.3 Å². The van der Waals surface area contributed by atoms with E-state index in [1.807, 2.05) is 19.9 Å². The van der Waals surface area contributed by atoms with Crippen LogP contribution in [0.1, 0.15) is 22.5 Å². The van der Waals surface area contributed by atoms with Gasteiger partial charge in [-0.2, -0.15) is 18.3 Å². The van der Waals surface area contributed by atoms with Crippen LogP contribution in [-0.4, -0.2) is 29.6 Å². The first-order chi connectivity index (χ1) is 12.7. The summed E-state index contributed by atoms with van der Waals surface area (Å²) in [6, 6.07) is 6.78. The number of aromatic nitrogens is 1. The third-order valence-electron chi connectivity index (χ3n) is 3.95. The molecule has 1 aromatic heterocycles. The molecule has 0 aliphatic carbocycles. The predicted molar refractivity (Wildman–Crippen MR) is 104 cm³/mol. The molecule has 0 atom stereocenters. The zero-order valence-corrected chi connectivity index (χ0v) is 16.0. The molecule has 2 N–H and O–H groups in total. The highest BCUT2D eigenvalue weighted by molar-refractivity contribution is 7.80. The van der Waals surface area contributed by atoms with E-state index < -0.39 is 11.7 Å². The fourth-order valence-electron chi connectivity index (χ4n) is 2.58. The van der Waals surface area contributed by atoms with Crippen LogP contribution < -0.4 is 10.7 Å². The van der Waals surface area contributed by atoms with Crippen molar-refractivity contribution >= 4 is 29.2 Å². The quantitative estimate of drug-likeness (QED) is 0.437. The van der Waals surface area contributed by atoms with Crippen LogP contribution in [0.25, 0.3) is 0 Å². The first kappa shape index (κ1) is 20.9. The van der Waals surface area contributed by atoms with Crippen LogP contribution >= 0.6 is 12.2 Å². The number of nitrogens with zero attached hydrogens (tertiary/aromatic N) is 2. The van der Waals surface area contributed by atoms with Gasteiger partial charge in [-0.1, -0.05) is 6.07 Å². The van der Waals surface area contributed by atoms with Crippen molar-refractivity contribution in [2.75, 3.05) is 19.0 Å². The van der Waals surface area contributed by atoms with Gasteiger partial charge in [-0.25, -0.2) is 0 Å². The molecule has 0 radical (unpaired) electrons. The molecule has 0 aliphatic rings. The standard InChI is InChI=1S/C18H21F3N4OS/c1-12-9-14(13(2)25(12)7-8-26-3)11-22-24-17(27)23-16-6-4-5-15(10-16)18(19,20)21/h4-6,9-11H,7-8H2,1-3H3,(H2,23,24,27)/b22-11+. The van der Waals surface area contributed by atoms with Crippen molar-refractivity contribution < 1.29 is 17.9 Å². The number of aryl methyl sites for hydroxylation is 1.